The van der Waals surface area contributed by atoms with Crippen molar-refractivity contribution in [3.8, 4) is 0 Å². The summed E-state index contributed by atoms with van der Waals surface area (Å²) < 4.78 is 14.1. The van der Waals surface area contributed by atoms with Crippen molar-refractivity contribution in [1.82, 2.24) is 4.90 Å². The Morgan fingerprint density at radius 3 is 2.32 bits per heavy atom. The summed E-state index contributed by atoms with van der Waals surface area (Å²) >= 11 is 0. The Bertz CT molecular complexity index is 434. The molecule has 0 spiro atoms. The predicted molar refractivity (Wildman–Crippen MR) is 75.3 cm³/mol. The van der Waals surface area contributed by atoms with Gasteiger partial charge in [-0.15, -0.1) is 0 Å². The summed E-state index contributed by atoms with van der Waals surface area (Å²) in [7, 11) is 0. The van der Waals surface area contributed by atoms with Gasteiger partial charge < -0.3 is 5.73 Å². The first kappa shape index (κ1) is 13.1. The summed E-state index contributed by atoms with van der Waals surface area (Å²) in [4.78, 5) is 2.54. The molecule has 1 atom stereocenters. The highest BCUT2D eigenvalue weighted by molar-refractivity contribution is 5.26. The smallest absolute Gasteiger partial charge is 0.128 e. The quantitative estimate of drug-likeness (QED) is 0.906. The molecule has 2 nitrogen and oxygen atoms in total. The van der Waals surface area contributed by atoms with Gasteiger partial charge in [0.1, 0.15) is 5.82 Å². The molecule has 19 heavy (non-hydrogen) atoms. The molecule has 1 aliphatic heterocycles. The lowest BCUT2D eigenvalue weighted by atomic mass is 9.82. The van der Waals surface area contributed by atoms with E-state index >= 15 is 0 Å². The lowest BCUT2D eigenvalue weighted by Gasteiger charge is -2.43. The van der Waals surface area contributed by atoms with Crippen LogP contribution in [-0.2, 0) is 0 Å². The molecule has 2 N–H and O–H groups in total. The lowest BCUT2D eigenvalue weighted by Crippen LogP contribution is -2.52. The minimum absolute atomic E-state index is 0.00130. The van der Waals surface area contributed by atoms with Crippen molar-refractivity contribution in [3.05, 3.63) is 35.6 Å². The summed E-state index contributed by atoms with van der Waals surface area (Å²) in [6, 6.07) is 6.82. The summed E-state index contributed by atoms with van der Waals surface area (Å²) in [6.45, 7) is 2.25. The van der Waals surface area contributed by atoms with E-state index in [1.54, 1.807) is 6.07 Å². The fourth-order valence-corrected chi connectivity index (χ4v) is 3.99. The van der Waals surface area contributed by atoms with Crippen molar-refractivity contribution in [1.29, 1.82) is 0 Å². The number of hydrogen-bond acceptors (Lipinski definition) is 2. The number of halogens is 1. The van der Waals surface area contributed by atoms with E-state index in [0.29, 0.717) is 5.56 Å². The third-order valence-corrected chi connectivity index (χ3v) is 5.02. The second kappa shape index (κ2) is 5.22. The summed E-state index contributed by atoms with van der Waals surface area (Å²) in [5.41, 5.74) is 7.22. The number of benzene rings is 1. The van der Waals surface area contributed by atoms with E-state index in [4.69, 9.17) is 5.73 Å². The molecule has 3 rings (SSSR count). The Morgan fingerprint density at radius 1 is 1.05 bits per heavy atom. The van der Waals surface area contributed by atoms with Crippen LogP contribution >= 0.6 is 0 Å². The molecular formula is C16H23FN2. The Morgan fingerprint density at radius 2 is 1.68 bits per heavy atom. The maximum absolute atomic E-state index is 14.1. The zero-order chi connectivity index (χ0) is 13.3. The van der Waals surface area contributed by atoms with Crippen LogP contribution in [0.2, 0.25) is 0 Å². The van der Waals surface area contributed by atoms with Crippen molar-refractivity contribution >= 4 is 0 Å². The van der Waals surface area contributed by atoms with Gasteiger partial charge in [-0.1, -0.05) is 31.0 Å². The second-order valence-corrected chi connectivity index (χ2v) is 6.00. The van der Waals surface area contributed by atoms with E-state index < -0.39 is 0 Å². The van der Waals surface area contributed by atoms with Crippen LogP contribution in [0.15, 0.2) is 24.3 Å². The molecule has 1 saturated heterocycles. The molecule has 1 heterocycles. The molecule has 0 amide bonds. The number of nitrogens with zero attached hydrogens (tertiary/aromatic N) is 1. The summed E-state index contributed by atoms with van der Waals surface area (Å²) in [6.07, 6.45) is 7.18. The van der Waals surface area contributed by atoms with Gasteiger partial charge in [-0.25, -0.2) is 4.39 Å². The summed E-state index contributed by atoms with van der Waals surface area (Å²) in [5.74, 6) is -0.152. The predicted octanol–water partition coefficient (Wildman–Crippen LogP) is 3.23. The molecule has 2 aliphatic rings. The average molecular weight is 262 g/mol. The molecule has 104 valence electrons. The third-order valence-electron chi connectivity index (χ3n) is 5.02. The molecule has 1 aliphatic carbocycles. The van der Waals surface area contributed by atoms with Gasteiger partial charge in [-0.3, -0.25) is 4.90 Å². The maximum atomic E-state index is 14.1. The van der Waals surface area contributed by atoms with Gasteiger partial charge in [0, 0.05) is 11.1 Å². The zero-order valence-electron chi connectivity index (χ0n) is 11.4. The largest absolute Gasteiger partial charge is 0.322 e. The average Bonchev–Trinajstić information content (AvgIpc) is 3.10. The minimum Gasteiger partial charge on any atom is -0.322 e. The standard InChI is InChI=1S/C16H23FN2/c17-14-8-2-1-7-13(14)15(18)16(9-3-4-10-16)19-11-5-6-12-19/h1-2,7-8,15H,3-6,9-12,18H2. The van der Waals surface area contributed by atoms with Crippen LogP contribution in [0.25, 0.3) is 0 Å². The van der Waals surface area contributed by atoms with Gasteiger partial charge in [0.15, 0.2) is 0 Å². The molecular weight excluding hydrogens is 239 g/mol. The van der Waals surface area contributed by atoms with Gasteiger partial charge in [0.25, 0.3) is 0 Å². The van der Waals surface area contributed by atoms with Gasteiger partial charge in [-0.2, -0.15) is 0 Å². The Balaban J connectivity index is 1.94. The molecule has 2 fully saturated rings. The highest BCUT2D eigenvalue weighted by Crippen LogP contribution is 2.45. The van der Waals surface area contributed by atoms with Crippen molar-refractivity contribution in [3.63, 3.8) is 0 Å². The van der Waals surface area contributed by atoms with E-state index in [1.165, 1.54) is 31.7 Å². The number of likely N-dealkylation sites (tertiary alicyclic amines) is 1. The van der Waals surface area contributed by atoms with Crippen molar-refractivity contribution < 1.29 is 4.39 Å². The van der Waals surface area contributed by atoms with Crippen molar-refractivity contribution in [2.75, 3.05) is 13.1 Å². The normalized spacial score (nSPS) is 24.7. The highest BCUT2D eigenvalue weighted by atomic mass is 19.1. The van der Waals surface area contributed by atoms with Crippen LogP contribution in [0.3, 0.4) is 0 Å². The monoisotopic (exact) mass is 262 g/mol. The topological polar surface area (TPSA) is 29.3 Å². The maximum Gasteiger partial charge on any atom is 0.128 e. The second-order valence-electron chi connectivity index (χ2n) is 6.00. The Kier molecular flexibility index (Phi) is 3.59. The van der Waals surface area contributed by atoms with E-state index in [2.05, 4.69) is 4.90 Å². The van der Waals surface area contributed by atoms with Crippen LogP contribution in [0, 0.1) is 5.82 Å². The first-order valence-corrected chi connectivity index (χ1v) is 7.49. The molecule has 1 unspecified atom stereocenters. The Labute approximate surface area is 114 Å². The number of hydrogen-bond donors (Lipinski definition) is 1. The molecule has 0 bridgehead atoms. The number of nitrogens with two attached hydrogens (primary N) is 1. The van der Waals surface area contributed by atoms with E-state index in [1.807, 2.05) is 12.1 Å². The third kappa shape index (κ3) is 2.19. The molecule has 1 aromatic rings. The van der Waals surface area contributed by atoms with Crippen LogP contribution in [0.4, 0.5) is 4.39 Å². The van der Waals surface area contributed by atoms with E-state index in [9.17, 15) is 4.39 Å². The molecule has 1 aromatic carbocycles. The van der Waals surface area contributed by atoms with Crippen LogP contribution in [0.5, 0.6) is 0 Å². The van der Waals surface area contributed by atoms with Crippen LogP contribution in [0.1, 0.15) is 50.1 Å². The zero-order valence-corrected chi connectivity index (χ0v) is 11.4. The molecule has 0 radical (unpaired) electrons. The van der Waals surface area contributed by atoms with Gasteiger partial charge in [0.05, 0.1) is 6.04 Å². The van der Waals surface area contributed by atoms with Gasteiger partial charge in [0.2, 0.25) is 0 Å². The first-order chi connectivity index (χ1) is 9.24. The van der Waals surface area contributed by atoms with Gasteiger partial charge in [-0.05, 0) is 44.8 Å². The van der Waals surface area contributed by atoms with Gasteiger partial charge >= 0.3 is 0 Å². The van der Waals surface area contributed by atoms with Crippen LogP contribution < -0.4 is 5.73 Å². The molecule has 1 saturated carbocycles. The fourth-order valence-electron chi connectivity index (χ4n) is 3.99. The van der Waals surface area contributed by atoms with Crippen molar-refractivity contribution in [2.24, 2.45) is 5.73 Å². The molecule has 3 heteroatoms. The van der Waals surface area contributed by atoms with E-state index in [-0.39, 0.29) is 17.4 Å². The van der Waals surface area contributed by atoms with E-state index in [0.717, 1.165) is 25.9 Å². The Hall–Kier alpha value is -0.930. The number of rotatable bonds is 3. The van der Waals surface area contributed by atoms with Crippen LogP contribution in [-0.4, -0.2) is 23.5 Å². The fraction of sp³-hybridized carbons (Fsp3) is 0.625. The SMILES string of the molecule is NC(c1ccccc1F)C1(N2CCCC2)CCCC1. The minimum atomic E-state index is -0.200. The lowest BCUT2D eigenvalue weighted by molar-refractivity contribution is 0.0908. The highest BCUT2D eigenvalue weighted by Gasteiger charge is 2.46. The van der Waals surface area contributed by atoms with Crippen molar-refractivity contribution in [2.45, 2.75) is 50.1 Å². The summed E-state index contributed by atoms with van der Waals surface area (Å²) in [5, 5.41) is 0. The molecule has 0 aromatic heterocycles. The first-order valence-electron chi connectivity index (χ1n) is 7.49.